The van der Waals surface area contributed by atoms with E-state index in [0.717, 1.165) is 6.54 Å². The molecule has 1 aromatic heterocycles. The van der Waals surface area contributed by atoms with Gasteiger partial charge in [0.2, 0.25) is 5.91 Å². The number of hydrogen-bond acceptors (Lipinski definition) is 3. The van der Waals surface area contributed by atoms with E-state index in [2.05, 4.69) is 22.1 Å². The Kier molecular flexibility index (Phi) is 3.96. The van der Waals surface area contributed by atoms with Gasteiger partial charge in [-0.05, 0) is 36.3 Å². The number of amides is 1. The maximum atomic E-state index is 10.7. The molecule has 3 nitrogen and oxygen atoms in total. The lowest BCUT2D eigenvalue weighted by Gasteiger charge is -2.23. The standard InChI is InChI=1S/C12H18N2OS/c1-9(15)13-6-7-14-11-3-2-4-12-10(11)5-8-16-12/h5,8,11,14H,2-4,6-7H2,1H3,(H,13,15). The molecule has 0 aromatic carbocycles. The third kappa shape index (κ3) is 2.83. The maximum Gasteiger partial charge on any atom is 0.216 e. The summed E-state index contributed by atoms with van der Waals surface area (Å²) >= 11 is 1.86. The number of rotatable bonds is 4. The highest BCUT2D eigenvalue weighted by atomic mass is 32.1. The van der Waals surface area contributed by atoms with Gasteiger partial charge in [0.25, 0.3) is 0 Å². The first-order valence-corrected chi connectivity index (χ1v) is 6.69. The minimum absolute atomic E-state index is 0.0432. The summed E-state index contributed by atoms with van der Waals surface area (Å²) in [6.45, 7) is 3.11. The third-order valence-electron chi connectivity index (χ3n) is 2.94. The fourth-order valence-electron chi connectivity index (χ4n) is 2.18. The van der Waals surface area contributed by atoms with Crippen LogP contribution in [0.1, 0.15) is 36.2 Å². The summed E-state index contributed by atoms with van der Waals surface area (Å²) in [6.07, 6.45) is 3.71. The number of nitrogens with one attached hydrogen (secondary N) is 2. The van der Waals surface area contributed by atoms with Crippen molar-refractivity contribution in [3.63, 3.8) is 0 Å². The van der Waals surface area contributed by atoms with Crippen LogP contribution in [0.3, 0.4) is 0 Å². The third-order valence-corrected chi connectivity index (χ3v) is 3.94. The molecule has 1 amide bonds. The Morgan fingerprint density at radius 3 is 3.25 bits per heavy atom. The lowest BCUT2D eigenvalue weighted by atomic mass is 9.94. The molecule has 16 heavy (non-hydrogen) atoms. The smallest absolute Gasteiger partial charge is 0.216 e. The van der Waals surface area contributed by atoms with Gasteiger partial charge >= 0.3 is 0 Å². The highest BCUT2D eigenvalue weighted by Crippen LogP contribution is 2.32. The van der Waals surface area contributed by atoms with Gasteiger partial charge in [-0.1, -0.05) is 0 Å². The lowest BCUT2D eigenvalue weighted by Crippen LogP contribution is -2.33. The molecule has 1 heterocycles. The second-order valence-corrected chi connectivity index (χ2v) is 5.18. The van der Waals surface area contributed by atoms with Crippen LogP contribution >= 0.6 is 11.3 Å². The van der Waals surface area contributed by atoms with Gasteiger partial charge in [-0.2, -0.15) is 0 Å². The largest absolute Gasteiger partial charge is 0.355 e. The number of carbonyl (C=O) groups is 1. The van der Waals surface area contributed by atoms with Crippen LogP contribution in [0.15, 0.2) is 11.4 Å². The van der Waals surface area contributed by atoms with Crippen molar-refractivity contribution in [1.82, 2.24) is 10.6 Å². The zero-order valence-electron chi connectivity index (χ0n) is 9.58. The SMILES string of the molecule is CC(=O)NCCNC1CCCc2sccc21. The molecule has 88 valence electrons. The highest BCUT2D eigenvalue weighted by Gasteiger charge is 2.20. The second-order valence-electron chi connectivity index (χ2n) is 4.18. The van der Waals surface area contributed by atoms with Crippen molar-refractivity contribution in [3.8, 4) is 0 Å². The quantitative estimate of drug-likeness (QED) is 0.786. The summed E-state index contributed by atoms with van der Waals surface area (Å²) in [5.41, 5.74) is 1.47. The van der Waals surface area contributed by atoms with Crippen molar-refractivity contribution in [2.45, 2.75) is 32.2 Å². The van der Waals surface area contributed by atoms with E-state index < -0.39 is 0 Å². The second kappa shape index (κ2) is 5.46. The average Bonchev–Trinajstić information content (AvgIpc) is 2.72. The van der Waals surface area contributed by atoms with E-state index in [1.54, 1.807) is 6.92 Å². The fraction of sp³-hybridized carbons (Fsp3) is 0.583. The molecule has 1 atom stereocenters. The first-order valence-electron chi connectivity index (χ1n) is 5.81. The van der Waals surface area contributed by atoms with Crippen LogP contribution in [-0.4, -0.2) is 19.0 Å². The van der Waals surface area contributed by atoms with Crippen LogP contribution < -0.4 is 10.6 Å². The molecule has 1 aromatic rings. The molecule has 2 N–H and O–H groups in total. The first kappa shape index (κ1) is 11.6. The fourth-order valence-corrected chi connectivity index (χ4v) is 3.17. The van der Waals surface area contributed by atoms with Crippen LogP contribution in [0, 0.1) is 0 Å². The zero-order chi connectivity index (χ0) is 11.4. The maximum absolute atomic E-state index is 10.7. The van der Waals surface area contributed by atoms with Crippen LogP contribution in [-0.2, 0) is 11.2 Å². The van der Waals surface area contributed by atoms with Gasteiger partial charge in [0.05, 0.1) is 0 Å². The van der Waals surface area contributed by atoms with E-state index in [4.69, 9.17) is 0 Å². The number of carbonyl (C=O) groups excluding carboxylic acids is 1. The van der Waals surface area contributed by atoms with E-state index in [1.807, 2.05) is 11.3 Å². The molecule has 0 spiro atoms. The van der Waals surface area contributed by atoms with Gasteiger partial charge in [0.15, 0.2) is 0 Å². The van der Waals surface area contributed by atoms with Crippen LogP contribution in [0.2, 0.25) is 0 Å². The summed E-state index contributed by atoms with van der Waals surface area (Å²) in [7, 11) is 0. The molecule has 1 aliphatic carbocycles. The van der Waals surface area contributed by atoms with E-state index in [0.29, 0.717) is 12.6 Å². The van der Waals surface area contributed by atoms with Crippen LogP contribution in [0.5, 0.6) is 0 Å². The molecule has 0 aliphatic heterocycles. The first-order chi connectivity index (χ1) is 7.77. The van der Waals surface area contributed by atoms with Gasteiger partial charge in [0, 0.05) is 30.9 Å². The van der Waals surface area contributed by atoms with E-state index in [-0.39, 0.29) is 5.91 Å². The van der Waals surface area contributed by atoms with Crippen molar-refractivity contribution >= 4 is 17.2 Å². The molecule has 0 saturated carbocycles. The lowest BCUT2D eigenvalue weighted by molar-refractivity contribution is -0.118. The van der Waals surface area contributed by atoms with Gasteiger partial charge < -0.3 is 10.6 Å². The average molecular weight is 238 g/mol. The molecular weight excluding hydrogens is 220 g/mol. The molecule has 2 rings (SSSR count). The highest BCUT2D eigenvalue weighted by molar-refractivity contribution is 7.10. The normalized spacial score (nSPS) is 19.2. The zero-order valence-corrected chi connectivity index (χ0v) is 10.4. The molecule has 4 heteroatoms. The molecule has 1 aliphatic rings. The van der Waals surface area contributed by atoms with Crippen molar-refractivity contribution in [2.24, 2.45) is 0 Å². The predicted molar refractivity (Wildman–Crippen MR) is 66.7 cm³/mol. The summed E-state index contributed by atoms with van der Waals surface area (Å²) < 4.78 is 0. The topological polar surface area (TPSA) is 41.1 Å². The number of aryl methyl sites for hydroxylation is 1. The summed E-state index contributed by atoms with van der Waals surface area (Å²) in [5, 5.41) is 8.49. The molecule has 0 saturated heterocycles. The Hall–Kier alpha value is -0.870. The van der Waals surface area contributed by atoms with Crippen molar-refractivity contribution < 1.29 is 4.79 Å². The van der Waals surface area contributed by atoms with E-state index in [9.17, 15) is 4.79 Å². The van der Waals surface area contributed by atoms with Gasteiger partial charge in [-0.3, -0.25) is 4.79 Å². The van der Waals surface area contributed by atoms with Crippen molar-refractivity contribution in [1.29, 1.82) is 0 Å². The predicted octanol–water partition coefficient (Wildman–Crippen LogP) is 1.85. The number of thiophene rings is 1. The minimum atomic E-state index is 0.0432. The van der Waals surface area contributed by atoms with E-state index in [1.165, 1.54) is 29.7 Å². The number of fused-ring (bicyclic) bond motifs is 1. The Labute approximate surface area is 100 Å². The van der Waals surface area contributed by atoms with Gasteiger partial charge in [0.1, 0.15) is 0 Å². The van der Waals surface area contributed by atoms with Crippen LogP contribution in [0.4, 0.5) is 0 Å². The Morgan fingerprint density at radius 1 is 1.56 bits per heavy atom. The molecule has 0 bridgehead atoms. The Bertz CT molecular complexity index is 362. The molecule has 0 radical (unpaired) electrons. The van der Waals surface area contributed by atoms with Crippen molar-refractivity contribution in [2.75, 3.05) is 13.1 Å². The van der Waals surface area contributed by atoms with Crippen molar-refractivity contribution in [3.05, 3.63) is 21.9 Å². The summed E-state index contributed by atoms with van der Waals surface area (Å²) in [5.74, 6) is 0.0432. The van der Waals surface area contributed by atoms with Gasteiger partial charge in [-0.15, -0.1) is 11.3 Å². The molecule has 0 fully saturated rings. The molecule has 1 unspecified atom stereocenters. The summed E-state index contributed by atoms with van der Waals surface area (Å²) in [4.78, 5) is 12.2. The minimum Gasteiger partial charge on any atom is -0.355 e. The Morgan fingerprint density at radius 2 is 2.44 bits per heavy atom. The monoisotopic (exact) mass is 238 g/mol. The van der Waals surface area contributed by atoms with E-state index >= 15 is 0 Å². The van der Waals surface area contributed by atoms with Gasteiger partial charge in [-0.25, -0.2) is 0 Å². The summed E-state index contributed by atoms with van der Waals surface area (Å²) in [6, 6.07) is 2.72. The van der Waals surface area contributed by atoms with Crippen LogP contribution in [0.25, 0.3) is 0 Å². The number of hydrogen-bond donors (Lipinski definition) is 2. The molecular formula is C12H18N2OS. The Balaban J connectivity index is 1.81.